The predicted octanol–water partition coefficient (Wildman–Crippen LogP) is 0.673. The summed E-state index contributed by atoms with van der Waals surface area (Å²) in [4.78, 5) is 11.1. The highest BCUT2D eigenvalue weighted by atomic mass is 16.5. The molecule has 0 fully saturated rings. The number of allylic oxidation sites excluding steroid dienone is 1. The highest BCUT2D eigenvalue weighted by molar-refractivity contribution is 5.73. The lowest BCUT2D eigenvalue weighted by Gasteiger charge is -2.16. The van der Waals surface area contributed by atoms with E-state index in [9.17, 15) is 4.79 Å². The first kappa shape index (κ1) is 8.11. The van der Waals surface area contributed by atoms with Crippen LogP contribution in [0.4, 0.5) is 0 Å². The second kappa shape index (κ2) is 4.01. The third kappa shape index (κ3) is 2.26. The first-order valence-electron chi connectivity index (χ1n) is 3.89. The molecule has 3 nitrogen and oxygen atoms in total. The average molecular weight is 155 g/mol. The average Bonchev–Trinajstić information content (AvgIpc) is 2.07. The molecule has 0 amide bonds. The summed E-state index contributed by atoms with van der Waals surface area (Å²) >= 11 is 0. The summed E-state index contributed by atoms with van der Waals surface area (Å²) in [6.45, 7) is 3.00. The number of esters is 1. The molecule has 0 aromatic carbocycles. The molecule has 0 aromatic heterocycles. The third-order valence-electron chi connectivity index (χ3n) is 1.64. The number of hydrogen-bond acceptors (Lipinski definition) is 3. The van der Waals surface area contributed by atoms with Gasteiger partial charge >= 0.3 is 5.97 Å². The van der Waals surface area contributed by atoms with Crippen LogP contribution in [0.2, 0.25) is 0 Å². The van der Waals surface area contributed by atoms with Crippen molar-refractivity contribution in [3.63, 3.8) is 0 Å². The van der Waals surface area contributed by atoms with Gasteiger partial charge in [0, 0.05) is 6.54 Å². The monoisotopic (exact) mass is 155 g/mol. The molecule has 1 heterocycles. The van der Waals surface area contributed by atoms with E-state index in [1.54, 1.807) is 0 Å². The fourth-order valence-electron chi connectivity index (χ4n) is 1.05. The van der Waals surface area contributed by atoms with Crippen LogP contribution in [0.3, 0.4) is 0 Å². The van der Waals surface area contributed by atoms with Crippen molar-refractivity contribution in [3.8, 4) is 0 Å². The zero-order valence-corrected chi connectivity index (χ0v) is 6.67. The first-order valence-corrected chi connectivity index (χ1v) is 3.89. The van der Waals surface area contributed by atoms with E-state index in [1.807, 2.05) is 19.2 Å². The molecule has 0 bridgehead atoms. The maximum absolute atomic E-state index is 11.1. The Labute approximate surface area is 66.4 Å². The standard InChI is InChI=1S/C8H13NO2/c1-2-11-8(10)7-4-3-5-9-6-7/h3,5,7,9H,2,4,6H2,1H3/t7-/m1/s1. The van der Waals surface area contributed by atoms with Gasteiger partial charge in [-0.05, 0) is 19.5 Å². The van der Waals surface area contributed by atoms with E-state index >= 15 is 0 Å². The van der Waals surface area contributed by atoms with Gasteiger partial charge in [-0.25, -0.2) is 0 Å². The Bertz CT molecular complexity index is 165. The lowest BCUT2D eigenvalue weighted by atomic mass is 10.0. The van der Waals surface area contributed by atoms with Crippen LogP contribution in [0.5, 0.6) is 0 Å². The molecule has 0 radical (unpaired) electrons. The summed E-state index contributed by atoms with van der Waals surface area (Å²) in [5.41, 5.74) is 0. The van der Waals surface area contributed by atoms with Crippen molar-refractivity contribution in [1.82, 2.24) is 5.32 Å². The Morgan fingerprint density at radius 1 is 1.82 bits per heavy atom. The van der Waals surface area contributed by atoms with E-state index in [2.05, 4.69) is 5.32 Å². The van der Waals surface area contributed by atoms with Crippen LogP contribution in [-0.2, 0) is 9.53 Å². The molecule has 11 heavy (non-hydrogen) atoms. The Kier molecular flexibility index (Phi) is 2.95. The highest BCUT2D eigenvalue weighted by Gasteiger charge is 2.19. The predicted molar refractivity (Wildman–Crippen MR) is 41.9 cm³/mol. The van der Waals surface area contributed by atoms with Crippen molar-refractivity contribution in [2.45, 2.75) is 13.3 Å². The Balaban J connectivity index is 2.34. The largest absolute Gasteiger partial charge is 0.466 e. The maximum Gasteiger partial charge on any atom is 0.311 e. The zero-order valence-electron chi connectivity index (χ0n) is 6.67. The van der Waals surface area contributed by atoms with E-state index in [-0.39, 0.29) is 11.9 Å². The number of carbonyl (C=O) groups excluding carboxylic acids is 1. The van der Waals surface area contributed by atoms with Gasteiger partial charge in [-0.3, -0.25) is 4.79 Å². The van der Waals surface area contributed by atoms with Crippen LogP contribution >= 0.6 is 0 Å². The van der Waals surface area contributed by atoms with Crippen molar-refractivity contribution in [2.24, 2.45) is 5.92 Å². The molecular weight excluding hydrogens is 142 g/mol. The van der Waals surface area contributed by atoms with Crippen molar-refractivity contribution in [1.29, 1.82) is 0 Å². The Morgan fingerprint density at radius 2 is 2.64 bits per heavy atom. The minimum atomic E-state index is -0.0932. The fraction of sp³-hybridized carbons (Fsp3) is 0.625. The smallest absolute Gasteiger partial charge is 0.311 e. The summed E-state index contributed by atoms with van der Waals surface area (Å²) in [5.74, 6) is -0.0794. The molecular formula is C8H13NO2. The zero-order chi connectivity index (χ0) is 8.10. The molecule has 62 valence electrons. The SMILES string of the molecule is CCOC(=O)[C@@H]1CC=CNC1. The Hall–Kier alpha value is -0.990. The summed E-state index contributed by atoms with van der Waals surface area (Å²) in [6, 6.07) is 0. The van der Waals surface area contributed by atoms with Crippen molar-refractivity contribution in [2.75, 3.05) is 13.2 Å². The molecule has 0 saturated carbocycles. The second-order valence-electron chi connectivity index (χ2n) is 2.50. The minimum Gasteiger partial charge on any atom is -0.466 e. The number of ether oxygens (including phenoxy) is 1. The molecule has 1 atom stereocenters. The van der Waals surface area contributed by atoms with Crippen LogP contribution in [0.25, 0.3) is 0 Å². The normalized spacial score (nSPS) is 22.5. The Morgan fingerprint density at radius 3 is 3.18 bits per heavy atom. The van der Waals surface area contributed by atoms with Gasteiger partial charge in [-0.1, -0.05) is 6.08 Å². The fourth-order valence-corrected chi connectivity index (χ4v) is 1.05. The topological polar surface area (TPSA) is 38.3 Å². The molecule has 1 aliphatic rings. The summed E-state index contributed by atoms with van der Waals surface area (Å²) < 4.78 is 4.87. The van der Waals surface area contributed by atoms with Crippen molar-refractivity contribution in [3.05, 3.63) is 12.3 Å². The molecule has 1 rings (SSSR count). The lowest BCUT2D eigenvalue weighted by molar-refractivity contribution is -0.147. The summed E-state index contributed by atoms with van der Waals surface area (Å²) in [6.07, 6.45) is 4.62. The number of nitrogens with one attached hydrogen (secondary N) is 1. The molecule has 0 spiro atoms. The molecule has 0 unspecified atom stereocenters. The van der Waals surface area contributed by atoms with Gasteiger partial charge in [0.05, 0.1) is 12.5 Å². The number of carbonyl (C=O) groups is 1. The van der Waals surface area contributed by atoms with Gasteiger partial charge < -0.3 is 10.1 Å². The van der Waals surface area contributed by atoms with Crippen LogP contribution in [0.1, 0.15) is 13.3 Å². The van der Waals surface area contributed by atoms with Crippen molar-refractivity contribution < 1.29 is 9.53 Å². The summed E-state index contributed by atoms with van der Waals surface area (Å²) in [5, 5.41) is 2.99. The van der Waals surface area contributed by atoms with E-state index in [4.69, 9.17) is 4.74 Å². The van der Waals surface area contributed by atoms with E-state index in [0.717, 1.165) is 6.42 Å². The minimum absolute atomic E-state index is 0.0138. The van der Waals surface area contributed by atoms with Gasteiger partial charge in [-0.15, -0.1) is 0 Å². The highest BCUT2D eigenvalue weighted by Crippen LogP contribution is 2.08. The van der Waals surface area contributed by atoms with Gasteiger partial charge in [0.25, 0.3) is 0 Å². The van der Waals surface area contributed by atoms with Gasteiger partial charge in [-0.2, -0.15) is 0 Å². The summed E-state index contributed by atoms with van der Waals surface area (Å²) in [7, 11) is 0. The number of rotatable bonds is 2. The van der Waals surface area contributed by atoms with Crippen LogP contribution in [0.15, 0.2) is 12.3 Å². The van der Waals surface area contributed by atoms with E-state index in [0.29, 0.717) is 13.2 Å². The third-order valence-corrected chi connectivity index (χ3v) is 1.64. The molecule has 0 aliphatic carbocycles. The van der Waals surface area contributed by atoms with E-state index in [1.165, 1.54) is 0 Å². The molecule has 0 saturated heterocycles. The van der Waals surface area contributed by atoms with E-state index < -0.39 is 0 Å². The first-order chi connectivity index (χ1) is 5.34. The maximum atomic E-state index is 11.1. The molecule has 1 aliphatic heterocycles. The quantitative estimate of drug-likeness (QED) is 0.596. The van der Waals surface area contributed by atoms with Gasteiger partial charge in [0.15, 0.2) is 0 Å². The van der Waals surface area contributed by atoms with Crippen LogP contribution in [0, 0.1) is 5.92 Å². The van der Waals surface area contributed by atoms with Crippen LogP contribution < -0.4 is 5.32 Å². The second-order valence-corrected chi connectivity index (χ2v) is 2.50. The van der Waals surface area contributed by atoms with Gasteiger partial charge in [0.1, 0.15) is 0 Å². The van der Waals surface area contributed by atoms with Crippen LogP contribution in [-0.4, -0.2) is 19.1 Å². The lowest BCUT2D eigenvalue weighted by Crippen LogP contribution is -2.29. The molecule has 1 N–H and O–H groups in total. The molecule has 3 heteroatoms. The number of hydrogen-bond donors (Lipinski definition) is 1. The van der Waals surface area contributed by atoms with Crippen molar-refractivity contribution >= 4 is 5.97 Å². The van der Waals surface area contributed by atoms with Gasteiger partial charge in [0.2, 0.25) is 0 Å². The molecule has 0 aromatic rings.